The van der Waals surface area contributed by atoms with E-state index in [0.29, 0.717) is 0 Å². The van der Waals surface area contributed by atoms with Gasteiger partial charge in [-0.3, -0.25) is 0 Å². The third-order valence-corrected chi connectivity index (χ3v) is 1.78. The molecular weight excluding hydrogens is 216 g/mol. The molecule has 0 bridgehead atoms. The van der Waals surface area contributed by atoms with Crippen LogP contribution in [0.3, 0.4) is 0 Å². The summed E-state index contributed by atoms with van der Waals surface area (Å²) in [6.07, 6.45) is -0.485. The Balaban J connectivity index is 2.72. The molecule has 0 amide bonds. The van der Waals surface area contributed by atoms with Crippen molar-refractivity contribution >= 4 is 5.97 Å². The number of aromatic nitrogens is 2. The number of nitrogens with zero attached hydrogens (tertiary/aromatic N) is 2. The third-order valence-electron chi connectivity index (χ3n) is 1.78. The first-order valence-corrected chi connectivity index (χ1v) is 4.75. The van der Waals surface area contributed by atoms with Crippen LogP contribution in [0.2, 0.25) is 0 Å². The van der Waals surface area contributed by atoms with Crippen molar-refractivity contribution in [2.75, 3.05) is 27.4 Å². The molecule has 0 aliphatic rings. The highest BCUT2D eigenvalue weighted by Gasteiger charge is 2.22. The van der Waals surface area contributed by atoms with Crippen molar-refractivity contribution in [2.24, 2.45) is 0 Å². The molecule has 7 heteroatoms. The van der Waals surface area contributed by atoms with Gasteiger partial charge in [-0.2, -0.15) is 4.98 Å². The van der Waals surface area contributed by atoms with E-state index < -0.39 is 12.1 Å². The Kier molecular flexibility index (Phi) is 4.87. The van der Waals surface area contributed by atoms with Crippen LogP contribution in [-0.2, 0) is 14.2 Å². The molecule has 7 nitrogen and oxygen atoms in total. The summed E-state index contributed by atoms with van der Waals surface area (Å²) in [5.41, 5.74) is 0. The third kappa shape index (κ3) is 3.01. The maximum Gasteiger partial charge on any atom is 0.379 e. The van der Waals surface area contributed by atoms with Crippen LogP contribution in [0.5, 0.6) is 0 Å². The van der Waals surface area contributed by atoms with Crippen molar-refractivity contribution in [3.05, 3.63) is 11.7 Å². The first kappa shape index (κ1) is 12.6. The van der Waals surface area contributed by atoms with Gasteiger partial charge in [0.1, 0.15) is 0 Å². The molecule has 1 aromatic rings. The first-order valence-electron chi connectivity index (χ1n) is 4.75. The van der Waals surface area contributed by atoms with Gasteiger partial charge in [0.25, 0.3) is 11.7 Å². The zero-order valence-electron chi connectivity index (χ0n) is 9.43. The second-order valence-electron chi connectivity index (χ2n) is 2.86. The van der Waals surface area contributed by atoms with Crippen LogP contribution in [-0.4, -0.2) is 43.5 Å². The van der Waals surface area contributed by atoms with Crippen molar-refractivity contribution in [1.29, 1.82) is 0 Å². The first-order chi connectivity index (χ1) is 7.72. The summed E-state index contributed by atoms with van der Waals surface area (Å²) in [6.45, 7) is 2.22. The number of esters is 1. The molecule has 0 radical (unpaired) electrons. The van der Waals surface area contributed by atoms with Gasteiger partial charge in [0.2, 0.25) is 0 Å². The van der Waals surface area contributed by atoms with Gasteiger partial charge >= 0.3 is 5.97 Å². The normalized spacial score (nSPS) is 12.4. The molecule has 0 N–H and O–H groups in total. The summed E-state index contributed by atoms with van der Waals surface area (Å²) in [6, 6.07) is 0. The largest absolute Gasteiger partial charge is 0.460 e. The van der Waals surface area contributed by atoms with Crippen LogP contribution in [0.4, 0.5) is 0 Å². The van der Waals surface area contributed by atoms with Gasteiger partial charge < -0.3 is 18.7 Å². The molecule has 0 aliphatic heterocycles. The molecule has 0 aromatic carbocycles. The molecule has 1 aromatic heterocycles. The van der Waals surface area contributed by atoms with Gasteiger partial charge in [-0.1, -0.05) is 0 Å². The number of carbonyl (C=O) groups is 1. The lowest BCUT2D eigenvalue weighted by atomic mass is 10.4. The van der Waals surface area contributed by atoms with Gasteiger partial charge in [-0.15, -0.1) is 0 Å². The Hall–Kier alpha value is -1.47. The molecule has 1 atom stereocenters. The predicted molar refractivity (Wildman–Crippen MR) is 51.9 cm³/mol. The number of hydrogen-bond acceptors (Lipinski definition) is 7. The lowest BCUT2D eigenvalue weighted by molar-refractivity contribution is 0.00809. The van der Waals surface area contributed by atoms with E-state index in [1.54, 1.807) is 6.92 Å². The van der Waals surface area contributed by atoms with Gasteiger partial charge in [0.15, 0.2) is 6.10 Å². The summed E-state index contributed by atoms with van der Waals surface area (Å²) in [5, 5.41) is 3.49. The number of methoxy groups -OCH3 is 2. The lowest BCUT2D eigenvalue weighted by Crippen LogP contribution is -2.10. The van der Waals surface area contributed by atoms with Crippen LogP contribution in [0.1, 0.15) is 29.5 Å². The molecule has 0 spiro atoms. The molecular formula is C9H14N2O5. The van der Waals surface area contributed by atoms with Gasteiger partial charge in [0.05, 0.1) is 13.2 Å². The lowest BCUT2D eigenvalue weighted by Gasteiger charge is -2.08. The number of rotatable bonds is 6. The van der Waals surface area contributed by atoms with Crippen LogP contribution >= 0.6 is 0 Å². The maximum atomic E-state index is 11.2. The Labute approximate surface area is 92.7 Å². The summed E-state index contributed by atoms with van der Waals surface area (Å²) in [5.74, 6) is -0.549. The molecule has 1 heterocycles. The minimum Gasteiger partial charge on any atom is -0.460 e. The Morgan fingerprint density at radius 1 is 1.50 bits per heavy atom. The second kappa shape index (κ2) is 6.19. The standard InChI is InChI=1S/C9H14N2O5/c1-4-15-9(12)7-10-8(16-11-7)6(14-3)5-13-2/h6H,4-5H2,1-3H3. The van der Waals surface area contributed by atoms with E-state index in [1.807, 2.05) is 0 Å². The molecule has 0 fully saturated rings. The van der Waals surface area contributed by atoms with E-state index in [4.69, 9.17) is 18.7 Å². The van der Waals surface area contributed by atoms with Crippen molar-refractivity contribution < 1.29 is 23.5 Å². The van der Waals surface area contributed by atoms with E-state index in [0.717, 1.165) is 0 Å². The average Bonchev–Trinajstić information content (AvgIpc) is 2.75. The Morgan fingerprint density at radius 2 is 2.25 bits per heavy atom. The number of carbonyl (C=O) groups excluding carboxylic acids is 1. The van der Waals surface area contributed by atoms with Crippen molar-refractivity contribution in [3.8, 4) is 0 Å². The Morgan fingerprint density at radius 3 is 2.81 bits per heavy atom. The fraction of sp³-hybridized carbons (Fsp3) is 0.667. The highest BCUT2D eigenvalue weighted by Crippen LogP contribution is 2.14. The topological polar surface area (TPSA) is 83.7 Å². The molecule has 0 saturated heterocycles. The summed E-state index contributed by atoms with van der Waals surface area (Å²) in [4.78, 5) is 15.1. The van der Waals surface area contributed by atoms with Gasteiger partial charge in [-0.25, -0.2) is 4.79 Å². The SMILES string of the molecule is CCOC(=O)c1noc(C(COC)OC)n1. The maximum absolute atomic E-state index is 11.2. The van der Waals surface area contributed by atoms with E-state index in [2.05, 4.69) is 10.1 Å². The zero-order valence-corrected chi connectivity index (χ0v) is 9.43. The van der Waals surface area contributed by atoms with E-state index >= 15 is 0 Å². The van der Waals surface area contributed by atoms with Crippen molar-refractivity contribution in [3.63, 3.8) is 0 Å². The smallest absolute Gasteiger partial charge is 0.379 e. The minimum atomic E-state index is -0.621. The summed E-state index contributed by atoms with van der Waals surface area (Å²) < 4.78 is 19.5. The second-order valence-corrected chi connectivity index (χ2v) is 2.86. The zero-order chi connectivity index (χ0) is 12.0. The molecule has 0 aliphatic carbocycles. The fourth-order valence-electron chi connectivity index (χ4n) is 1.04. The average molecular weight is 230 g/mol. The molecule has 90 valence electrons. The monoisotopic (exact) mass is 230 g/mol. The predicted octanol–water partition coefficient (Wildman–Crippen LogP) is 0.580. The highest BCUT2D eigenvalue weighted by molar-refractivity contribution is 5.84. The van der Waals surface area contributed by atoms with Gasteiger partial charge in [0, 0.05) is 14.2 Å². The number of ether oxygens (including phenoxy) is 3. The Bertz CT molecular complexity index is 338. The number of hydrogen-bond donors (Lipinski definition) is 0. The van der Waals surface area contributed by atoms with Crippen LogP contribution in [0.25, 0.3) is 0 Å². The summed E-state index contributed by atoms with van der Waals surface area (Å²) >= 11 is 0. The van der Waals surface area contributed by atoms with E-state index in [1.165, 1.54) is 14.2 Å². The molecule has 0 saturated carbocycles. The molecule has 1 unspecified atom stereocenters. The molecule has 16 heavy (non-hydrogen) atoms. The molecule has 1 rings (SSSR count). The van der Waals surface area contributed by atoms with Crippen LogP contribution in [0.15, 0.2) is 4.52 Å². The van der Waals surface area contributed by atoms with Crippen LogP contribution < -0.4 is 0 Å². The fourth-order valence-corrected chi connectivity index (χ4v) is 1.04. The van der Waals surface area contributed by atoms with Crippen molar-refractivity contribution in [2.45, 2.75) is 13.0 Å². The minimum absolute atomic E-state index is 0.116. The quantitative estimate of drug-likeness (QED) is 0.661. The summed E-state index contributed by atoms with van der Waals surface area (Å²) in [7, 11) is 3.01. The van der Waals surface area contributed by atoms with Gasteiger partial charge in [-0.05, 0) is 12.1 Å². The highest BCUT2D eigenvalue weighted by atomic mass is 16.6. The van der Waals surface area contributed by atoms with E-state index in [9.17, 15) is 4.79 Å². The van der Waals surface area contributed by atoms with E-state index in [-0.39, 0.29) is 24.9 Å². The van der Waals surface area contributed by atoms with Crippen LogP contribution in [0, 0.1) is 0 Å². The van der Waals surface area contributed by atoms with Crippen molar-refractivity contribution in [1.82, 2.24) is 10.1 Å².